The number of para-hydroxylation sites is 1. The average Bonchev–Trinajstić information content (AvgIpc) is 2.38. The van der Waals surface area contributed by atoms with Crippen LogP contribution in [0.5, 0.6) is 11.5 Å². The minimum Gasteiger partial charge on any atom is -0.428 e. The topological polar surface area (TPSA) is 85.6 Å². The molecule has 1 aromatic rings. The van der Waals surface area contributed by atoms with Crippen LogP contribution in [0.2, 0.25) is 0 Å². The minimum atomic E-state index is -0.964. The molecule has 0 saturated carbocycles. The lowest BCUT2D eigenvalue weighted by Gasteiger charge is -2.19. The van der Waals surface area contributed by atoms with Crippen LogP contribution in [0.25, 0.3) is 0 Å². The van der Waals surface area contributed by atoms with E-state index in [0.717, 1.165) is 6.08 Å². The van der Waals surface area contributed by atoms with Crippen molar-refractivity contribution in [3.8, 4) is 17.6 Å². The van der Waals surface area contributed by atoms with Gasteiger partial charge in [-0.25, -0.2) is 9.59 Å². The second kappa shape index (κ2) is 6.57. The lowest BCUT2D eigenvalue weighted by atomic mass is 10.2. The van der Waals surface area contributed by atoms with Crippen LogP contribution in [0.15, 0.2) is 30.9 Å². The Hall–Kier alpha value is -2.81. The van der Waals surface area contributed by atoms with Gasteiger partial charge in [0.25, 0.3) is 0 Å². The first-order chi connectivity index (χ1) is 9.76. The zero-order chi connectivity index (χ0) is 16.0. The molecule has 21 heavy (non-hydrogen) atoms. The average molecular weight is 289 g/mol. The van der Waals surface area contributed by atoms with E-state index in [2.05, 4.69) is 6.58 Å². The molecule has 1 rings (SSSR count). The summed E-state index contributed by atoms with van der Waals surface area (Å²) in [6.07, 6.45) is -0.0284. The van der Waals surface area contributed by atoms with Gasteiger partial charge in [0.05, 0.1) is 5.56 Å². The van der Waals surface area contributed by atoms with E-state index in [1.54, 1.807) is 20.8 Å². The number of benzene rings is 1. The van der Waals surface area contributed by atoms with E-state index in [-0.39, 0.29) is 17.1 Å². The Bertz CT molecular complexity index is 607. The van der Waals surface area contributed by atoms with Gasteiger partial charge in [-0.1, -0.05) is 12.6 Å². The van der Waals surface area contributed by atoms with Crippen LogP contribution >= 0.6 is 0 Å². The van der Waals surface area contributed by atoms with Gasteiger partial charge in [-0.3, -0.25) is 0 Å². The second-order valence-corrected chi connectivity index (χ2v) is 4.94. The van der Waals surface area contributed by atoms with Crippen molar-refractivity contribution in [2.45, 2.75) is 26.4 Å². The van der Waals surface area contributed by atoms with Gasteiger partial charge in [-0.15, -0.1) is 0 Å². The Morgan fingerprint density at radius 3 is 2.48 bits per heavy atom. The zero-order valence-electron chi connectivity index (χ0n) is 12.0. The highest BCUT2D eigenvalue weighted by Crippen LogP contribution is 2.31. The Labute approximate surface area is 122 Å². The van der Waals surface area contributed by atoms with Crippen LogP contribution in [0.3, 0.4) is 0 Å². The third-order valence-electron chi connectivity index (χ3n) is 2.05. The molecule has 0 heterocycles. The molecule has 0 N–H and O–H groups in total. The van der Waals surface area contributed by atoms with Gasteiger partial charge < -0.3 is 14.2 Å². The summed E-state index contributed by atoms with van der Waals surface area (Å²) >= 11 is 0. The molecular formula is C15H15NO5. The van der Waals surface area contributed by atoms with Crippen molar-refractivity contribution >= 4 is 12.1 Å². The van der Waals surface area contributed by atoms with Gasteiger partial charge in [-0.2, -0.15) is 5.26 Å². The van der Waals surface area contributed by atoms with E-state index in [1.165, 1.54) is 18.2 Å². The van der Waals surface area contributed by atoms with Gasteiger partial charge in [0, 0.05) is 6.08 Å². The number of ether oxygens (including phenoxy) is 3. The summed E-state index contributed by atoms with van der Waals surface area (Å²) in [5.74, 6) is -1.01. The zero-order valence-corrected chi connectivity index (χ0v) is 12.0. The van der Waals surface area contributed by atoms with Crippen molar-refractivity contribution in [1.29, 1.82) is 5.26 Å². The van der Waals surface area contributed by atoms with Gasteiger partial charge in [0.1, 0.15) is 11.7 Å². The summed E-state index contributed by atoms with van der Waals surface area (Å²) in [4.78, 5) is 22.9. The Morgan fingerprint density at radius 1 is 1.29 bits per heavy atom. The largest absolute Gasteiger partial charge is 0.514 e. The van der Waals surface area contributed by atoms with E-state index in [4.69, 9.17) is 19.5 Å². The van der Waals surface area contributed by atoms with E-state index < -0.39 is 17.7 Å². The molecule has 1 aromatic carbocycles. The van der Waals surface area contributed by atoms with Crippen LogP contribution in [-0.2, 0) is 9.53 Å². The van der Waals surface area contributed by atoms with Crippen LogP contribution in [-0.4, -0.2) is 17.7 Å². The Kier molecular flexibility index (Phi) is 5.08. The maximum absolute atomic E-state index is 11.6. The maximum Gasteiger partial charge on any atom is 0.514 e. The number of hydrogen-bond acceptors (Lipinski definition) is 6. The summed E-state index contributed by atoms with van der Waals surface area (Å²) in [7, 11) is 0. The SMILES string of the molecule is C=CC(=O)Oc1c(C#N)cccc1OC(=O)OC(C)(C)C. The van der Waals surface area contributed by atoms with Crippen LogP contribution < -0.4 is 9.47 Å². The summed E-state index contributed by atoms with van der Waals surface area (Å²) < 4.78 is 14.9. The molecule has 0 bridgehead atoms. The highest BCUT2D eigenvalue weighted by Gasteiger charge is 2.21. The van der Waals surface area contributed by atoms with Gasteiger partial charge >= 0.3 is 12.1 Å². The number of rotatable bonds is 3. The quantitative estimate of drug-likeness (QED) is 0.368. The van der Waals surface area contributed by atoms with E-state index in [9.17, 15) is 9.59 Å². The predicted octanol–water partition coefficient (Wildman–Crippen LogP) is 2.96. The first kappa shape index (κ1) is 16.2. The Balaban J connectivity index is 3.06. The maximum atomic E-state index is 11.6. The van der Waals surface area contributed by atoms with Gasteiger partial charge in [0.2, 0.25) is 0 Å². The van der Waals surface area contributed by atoms with Crippen molar-refractivity contribution in [2.75, 3.05) is 0 Å². The fraction of sp³-hybridized carbons (Fsp3) is 0.267. The highest BCUT2D eigenvalue weighted by molar-refractivity contribution is 5.84. The molecule has 0 aliphatic heterocycles. The third kappa shape index (κ3) is 4.99. The monoisotopic (exact) mass is 289 g/mol. The molecule has 0 fully saturated rings. The normalized spacial score (nSPS) is 10.2. The molecule has 0 atom stereocenters. The Morgan fingerprint density at radius 2 is 1.95 bits per heavy atom. The number of nitrogens with zero attached hydrogens (tertiary/aromatic N) is 1. The van der Waals surface area contributed by atoms with Crippen molar-refractivity contribution in [2.24, 2.45) is 0 Å². The number of hydrogen-bond donors (Lipinski definition) is 0. The molecular weight excluding hydrogens is 274 g/mol. The highest BCUT2D eigenvalue weighted by atomic mass is 16.7. The van der Waals surface area contributed by atoms with Crippen LogP contribution in [0, 0.1) is 11.3 Å². The summed E-state index contributed by atoms with van der Waals surface area (Å²) in [5, 5.41) is 9.01. The molecule has 0 radical (unpaired) electrons. The molecule has 0 aliphatic rings. The molecule has 6 heteroatoms. The predicted molar refractivity (Wildman–Crippen MR) is 73.9 cm³/mol. The van der Waals surface area contributed by atoms with Crippen LogP contribution in [0.4, 0.5) is 4.79 Å². The molecule has 0 amide bonds. The molecule has 0 aromatic heterocycles. The summed E-state index contributed by atoms with van der Waals surface area (Å²) in [6.45, 7) is 8.30. The summed E-state index contributed by atoms with van der Waals surface area (Å²) in [5.41, 5.74) is -0.687. The van der Waals surface area contributed by atoms with E-state index in [0.29, 0.717) is 0 Å². The minimum absolute atomic E-state index is 0.0475. The summed E-state index contributed by atoms with van der Waals surface area (Å²) in [6, 6.07) is 6.14. The molecule has 110 valence electrons. The van der Waals surface area contributed by atoms with Crippen molar-refractivity contribution in [3.05, 3.63) is 36.4 Å². The first-order valence-corrected chi connectivity index (χ1v) is 6.05. The smallest absolute Gasteiger partial charge is 0.428 e. The van der Waals surface area contributed by atoms with Crippen molar-refractivity contribution in [3.63, 3.8) is 0 Å². The number of esters is 1. The third-order valence-corrected chi connectivity index (χ3v) is 2.05. The first-order valence-electron chi connectivity index (χ1n) is 6.05. The standard InChI is InChI=1S/C15H15NO5/c1-5-12(17)20-13-10(9-16)7-6-8-11(13)19-14(18)21-15(2,3)4/h5-8H,1H2,2-4H3. The number of nitriles is 1. The molecule has 0 saturated heterocycles. The number of carbonyl (C=O) groups excluding carboxylic acids is 2. The lowest BCUT2D eigenvalue weighted by Crippen LogP contribution is -2.26. The molecule has 0 aliphatic carbocycles. The van der Waals surface area contributed by atoms with Crippen LogP contribution in [0.1, 0.15) is 26.3 Å². The fourth-order valence-corrected chi connectivity index (χ4v) is 1.29. The fourth-order valence-electron chi connectivity index (χ4n) is 1.29. The van der Waals surface area contributed by atoms with E-state index >= 15 is 0 Å². The lowest BCUT2D eigenvalue weighted by molar-refractivity contribution is -0.129. The number of carbonyl (C=O) groups is 2. The van der Waals surface area contributed by atoms with Gasteiger partial charge in [0.15, 0.2) is 11.5 Å². The molecule has 0 spiro atoms. The van der Waals surface area contributed by atoms with E-state index in [1.807, 2.05) is 6.07 Å². The van der Waals surface area contributed by atoms with Crippen molar-refractivity contribution < 1.29 is 23.8 Å². The van der Waals surface area contributed by atoms with Crippen molar-refractivity contribution in [1.82, 2.24) is 0 Å². The molecule has 6 nitrogen and oxygen atoms in total. The second-order valence-electron chi connectivity index (χ2n) is 4.94. The van der Waals surface area contributed by atoms with Gasteiger partial charge in [-0.05, 0) is 32.9 Å². The molecule has 0 unspecified atom stereocenters.